The van der Waals surface area contributed by atoms with Crippen LogP contribution in [0.4, 0.5) is 0 Å². The monoisotopic (exact) mass is 498 g/mol. The molecule has 2 aliphatic carbocycles. The molecule has 3 fully saturated rings. The molecular formula is C30H46N2O4. The first-order valence-corrected chi connectivity index (χ1v) is 14.0. The smallest absolute Gasteiger partial charge is 0.246 e. The van der Waals surface area contributed by atoms with Gasteiger partial charge in [0.25, 0.3) is 0 Å². The van der Waals surface area contributed by atoms with Crippen LogP contribution in [0, 0.1) is 35.0 Å². The second-order valence-electron chi connectivity index (χ2n) is 12.1. The summed E-state index contributed by atoms with van der Waals surface area (Å²) in [6.45, 7) is 8.17. The molecule has 6 nitrogen and oxygen atoms in total. The van der Waals surface area contributed by atoms with E-state index >= 15 is 0 Å². The number of nitrogens with zero attached hydrogens (tertiary/aromatic N) is 1. The number of hydrogen-bond acceptors (Lipinski definition) is 4. The van der Waals surface area contributed by atoms with Crippen LogP contribution in [0.1, 0.15) is 64.9 Å². The van der Waals surface area contributed by atoms with E-state index in [0.717, 1.165) is 58.0 Å². The fourth-order valence-corrected chi connectivity index (χ4v) is 7.65. The molecule has 1 unspecified atom stereocenters. The Bertz CT molecular complexity index is 884. The molecule has 1 aromatic rings. The molecule has 4 rings (SSSR count). The molecule has 0 radical (unpaired) electrons. The van der Waals surface area contributed by atoms with E-state index in [4.69, 9.17) is 4.74 Å². The number of fused-ring (bicyclic) bond motifs is 1. The maximum atomic E-state index is 13.6. The van der Waals surface area contributed by atoms with Crippen molar-refractivity contribution in [2.75, 3.05) is 26.8 Å². The highest BCUT2D eigenvalue weighted by atomic mass is 16.5. The van der Waals surface area contributed by atoms with Crippen LogP contribution >= 0.6 is 0 Å². The molecular weight excluding hydrogens is 452 g/mol. The Morgan fingerprint density at radius 3 is 2.47 bits per heavy atom. The summed E-state index contributed by atoms with van der Waals surface area (Å²) in [6, 6.07) is 10.7. The van der Waals surface area contributed by atoms with Gasteiger partial charge < -0.3 is 20.1 Å². The zero-order chi connectivity index (χ0) is 25.9. The van der Waals surface area contributed by atoms with E-state index in [2.05, 4.69) is 49.5 Å². The van der Waals surface area contributed by atoms with Gasteiger partial charge in [-0.25, -0.2) is 0 Å². The lowest BCUT2D eigenvalue weighted by Crippen LogP contribution is -2.59. The third-order valence-corrected chi connectivity index (χ3v) is 9.83. The van der Waals surface area contributed by atoms with Crippen LogP contribution in [0.15, 0.2) is 30.3 Å². The third kappa shape index (κ3) is 5.80. The molecule has 6 heteroatoms. The molecule has 2 amide bonds. The van der Waals surface area contributed by atoms with Crippen molar-refractivity contribution in [2.24, 2.45) is 35.0 Å². The van der Waals surface area contributed by atoms with Gasteiger partial charge in [-0.05, 0) is 79.6 Å². The van der Waals surface area contributed by atoms with Crippen LogP contribution in [0.2, 0.25) is 0 Å². The molecule has 200 valence electrons. The molecule has 36 heavy (non-hydrogen) atoms. The quantitative estimate of drug-likeness (QED) is 0.594. The van der Waals surface area contributed by atoms with Crippen molar-refractivity contribution in [1.82, 2.24) is 10.2 Å². The molecule has 0 spiro atoms. The number of rotatable bonds is 7. The molecule has 2 N–H and O–H groups in total. The molecule has 3 aliphatic rings. The molecule has 0 bridgehead atoms. The Balaban J connectivity index is 1.36. The summed E-state index contributed by atoms with van der Waals surface area (Å²) in [5, 5.41) is 14.8. The first-order chi connectivity index (χ1) is 17.2. The van der Waals surface area contributed by atoms with Gasteiger partial charge in [0.1, 0.15) is 6.61 Å². The van der Waals surface area contributed by atoms with Crippen molar-refractivity contribution in [3.05, 3.63) is 35.9 Å². The number of nitrogens with one attached hydrogen (secondary N) is 1. The zero-order valence-electron chi connectivity index (χ0n) is 22.6. The number of methoxy groups -OCH3 is 1. The van der Waals surface area contributed by atoms with Crippen molar-refractivity contribution in [3.8, 4) is 0 Å². The van der Waals surface area contributed by atoms with E-state index in [1.807, 2.05) is 11.8 Å². The molecule has 1 aromatic carbocycles. The minimum atomic E-state index is -0.532. The van der Waals surface area contributed by atoms with Crippen molar-refractivity contribution in [3.63, 3.8) is 0 Å². The van der Waals surface area contributed by atoms with Crippen molar-refractivity contribution < 1.29 is 19.4 Å². The van der Waals surface area contributed by atoms with Crippen LogP contribution in [0.3, 0.4) is 0 Å². The Morgan fingerprint density at radius 1 is 1.14 bits per heavy atom. The van der Waals surface area contributed by atoms with Crippen LogP contribution in [0.25, 0.3) is 0 Å². The van der Waals surface area contributed by atoms with Gasteiger partial charge in [-0.1, -0.05) is 51.1 Å². The van der Waals surface area contributed by atoms with Gasteiger partial charge in [0.05, 0.1) is 6.10 Å². The predicted octanol–water partition coefficient (Wildman–Crippen LogP) is 4.06. The lowest BCUT2D eigenvalue weighted by molar-refractivity contribution is -0.152. The van der Waals surface area contributed by atoms with E-state index in [-0.39, 0.29) is 53.5 Å². The van der Waals surface area contributed by atoms with Crippen LogP contribution < -0.4 is 5.32 Å². The first kappa shape index (κ1) is 27.1. The summed E-state index contributed by atoms with van der Waals surface area (Å²) in [5.74, 6) is 0.733. The molecule has 7 atom stereocenters. The Labute approximate surface area is 217 Å². The van der Waals surface area contributed by atoms with Crippen molar-refractivity contribution in [2.45, 2.75) is 77.9 Å². The highest BCUT2D eigenvalue weighted by molar-refractivity contribution is 5.79. The number of benzene rings is 1. The minimum absolute atomic E-state index is 0.0338. The summed E-state index contributed by atoms with van der Waals surface area (Å²) in [5.41, 5.74) is 1.43. The van der Waals surface area contributed by atoms with E-state index in [1.165, 1.54) is 12.7 Å². The Morgan fingerprint density at radius 2 is 1.81 bits per heavy atom. The molecule has 1 aliphatic heterocycles. The van der Waals surface area contributed by atoms with Gasteiger partial charge in [-0.15, -0.1) is 0 Å². The number of likely N-dealkylation sites (tertiary alicyclic amines) is 1. The molecule has 0 aromatic heterocycles. The van der Waals surface area contributed by atoms with Crippen LogP contribution in [0.5, 0.6) is 0 Å². The normalized spacial score (nSPS) is 34.0. The van der Waals surface area contributed by atoms with Crippen molar-refractivity contribution in [1.29, 1.82) is 0 Å². The van der Waals surface area contributed by atoms with E-state index in [9.17, 15) is 14.7 Å². The fourth-order valence-electron chi connectivity index (χ4n) is 7.65. The number of aliphatic hydroxyl groups excluding tert-OH is 1. The van der Waals surface area contributed by atoms with Crippen molar-refractivity contribution >= 4 is 11.8 Å². The summed E-state index contributed by atoms with van der Waals surface area (Å²) in [7, 11) is 1.53. The largest absolute Gasteiger partial charge is 0.392 e. The number of hydrogen-bond donors (Lipinski definition) is 2. The first-order valence-electron chi connectivity index (χ1n) is 14.0. The van der Waals surface area contributed by atoms with Gasteiger partial charge in [-0.3, -0.25) is 9.59 Å². The molecule has 1 saturated heterocycles. The number of ether oxygens (including phenoxy) is 1. The Kier molecular flexibility index (Phi) is 8.77. The lowest BCUT2D eigenvalue weighted by Gasteiger charge is -2.56. The third-order valence-electron chi connectivity index (χ3n) is 9.83. The number of carbonyl (C=O) groups is 2. The highest BCUT2D eigenvalue weighted by Gasteiger charge is 2.54. The van der Waals surface area contributed by atoms with Crippen LogP contribution in [-0.2, 0) is 20.7 Å². The van der Waals surface area contributed by atoms with E-state index < -0.39 is 6.10 Å². The number of amides is 2. The summed E-state index contributed by atoms with van der Waals surface area (Å²) >= 11 is 0. The van der Waals surface area contributed by atoms with E-state index in [0.29, 0.717) is 5.92 Å². The fraction of sp³-hybridized carbons (Fsp3) is 0.733. The summed E-state index contributed by atoms with van der Waals surface area (Å²) in [6.07, 6.45) is 6.46. The minimum Gasteiger partial charge on any atom is -0.392 e. The standard InChI is InChI=1S/C30H46N2O4/c1-20(29(35)32-16-12-23(13-17-32)18-22-8-6-5-7-9-22)24-10-14-30(3)15-11-25(31-26(33)19-36-4)21(2)27(30)28(24)34/h5-9,20-21,23-25,27-28,34H,10-19H2,1-4H3,(H,31,33)/t20-,21+,24?,25-,27+,28-,30-/m0/s1. The average Bonchev–Trinajstić information content (AvgIpc) is 2.86. The number of carbonyl (C=O) groups excluding carboxylic acids is 2. The average molecular weight is 499 g/mol. The van der Waals surface area contributed by atoms with E-state index in [1.54, 1.807) is 0 Å². The maximum absolute atomic E-state index is 13.6. The number of piperidine rings is 1. The predicted molar refractivity (Wildman–Crippen MR) is 141 cm³/mol. The summed E-state index contributed by atoms with van der Waals surface area (Å²) in [4.78, 5) is 27.8. The highest BCUT2D eigenvalue weighted by Crippen LogP contribution is 2.55. The zero-order valence-corrected chi connectivity index (χ0v) is 22.6. The van der Waals surface area contributed by atoms with Gasteiger partial charge >= 0.3 is 0 Å². The number of aliphatic hydroxyl groups is 1. The molecule has 2 saturated carbocycles. The van der Waals surface area contributed by atoms with Crippen LogP contribution in [-0.4, -0.2) is 60.8 Å². The van der Waals surface area contributed by atoms with Gasteiger partial charge in [0.2, 0.25) is 11.8 Å². The van der Waals surface area contributed by atoms with Gasteiger partial charge in [-0.2, -0.15) is 0 Å². The second-order valence-corrected chi connectivity index (χ2v) is 12.1. The molecule has 1 heterocycles. The second kappa shape index (κ2) is 11.6. The lowest BCUT2D eigenvalue weighted by atomic mass is 9.51. The summed E-state index contributed by atoms with van der Waals surface area (Å²) < 4.78 is 4.99. The maximum Gasteiger partial charge on any atom is 0.246 e. The van der Waals surface area contributed by atoms with Gasteiger partial charge in [0, 0.05) is 32.2 Å². The van der Waals surface area contributed by atoms with Gasteiger partial charge in [0.15, 0.2) is 0 Å². The SMILES string of the molecule is COCC(=O)N[C@H]1CC[C@]2(C)CCC([C@H](C)C(=O)N3CCC(Cc4ccccc4)CC3)[C@H](O)[C@H]2[C@@H]1C. The topological polar surface area (TPSA) is 78.9 Å². The Hall–Kier alpha value is -1.92.